The van der Waals surface area contributed by atoms with E-state index in [4.69, 9.17) is 9.47 Å². The second-order valence-corrected chi connectivity index (χ2v) is 4.09. The monoisotopic (exact) mass is 226 g/mol. The minimum atomic E-state index is -0.240. The number of ether oxygens (including phenoxy) is 2. The van der Waals surface area contributed by atoms with E-state index in [0.29, 0.717) is 25.0 Å². The summed E-state index contributed by atoms with van der Waals surface area (Å²) in [5.74, 6) is 0.126. The number of hydrogen-bond donors (Lipinski definition) is 0. The molecular weight excluding hydrogens is 208 g/mol. The van der Waals surface area contributed by atoms with E-state index in [1.165, 1.54) is 13.8 Å². The Morgan fingerprint density at radius 2 is 1.38 bits per heavy atom. The topological polar surface area (TPSA) is 52.6 Å². The quantitative estimate of drug-likeness (QED) is 0.540. The molecule has 0 N–H and O–H groups in total. The van der Waals surface area contributed by atoms with Gasteiger partial charge in [0.15, 0.2) is 0 Å². The highest BCUT2D eigenvalue weighted by Gasteiger charge is 2.17. The van der Waals surface area contributed by atoms with Crippen molar-refractivity contribution in [1.82, 2.24) is 0 Å². The van der Waals surface area contributed by atoms with E-state index in [1.54, 1.807) is 0 Å². The second-order valence-electron chi connectivity index (χ2n) is 4.09. The van der Waals surface area contributed by atoms with E-state index in [1.807, 2.05) is 12.2 Å². The Morgan fingerprint density at radius 1 is 1.00 bits per heavy atom. The van der Waals surface area contributed by atoms with Crippen LogP contribution in [0, 0.1) is 11.8 Å². The Kier molecular flexibility index (Phi) is 5.02. The van der Waals surface area contributed by atoms with Gasteiger partial charge in [-0.25, -0.2) is 0 Å². The van der Waals surface area contributed by atoms with Gasteiger partial charge in [0.2, 0.25) is 0 Å². The van der Waals surface area contributed by atoms with Gasteiger partial charge in [-0.2, -0.15) is 0 Å². The zero-order chi connectivity index (χ0) is 12.0. The molecule has 2 atom stereocenters. The van der Waals surface area contributed by atoms with Crippen LogP contribution in [-0.4, -0.2) is 25.2 Å². The predicted molar refractivity (Wildman–Crippen MR) is 58.6 cm³/mol. The van der Waals surface area contributed by atoms with Crippen LogP contribution < -0.4 is 0 Å². The maximum Gasteiger partial charge on any atom is 0.302 e. The first-order chi connectivity index (χ1) is 7.58. The van der Waals surface area contributed by atoms with E-state index in [2.05, 4.69) is 0 Å². The van der Waals surface area contributed by atoms with Gasteiger partial charge < -0.3 is 9.47 Å². The molecule has 0 amide bonds. The van der Waals surface area contributed by atoms with E-state index in [-0.39, 0.29) is 11.9 Å². The minimum Gasteiger partial charge on any atom is -0.465 e. The van der Waals surface area contributed by atoms with Crippen molar-refractivity contribution in [2.75, 3.05) is 13.2 Å². The van der Waals surface area contributed by atoms with Gasteiger partial charge in [-0.05, 0) is 12.8 Å². The molecule has 0 fully saturated rings. The average molecular weight is 226 g/mol. The summed E-state index contributed by atoms with van der Waals surface area (Å²) < 4.78 is 9.88. The fraction of sp³-hybridized carbons (Fsp3) is 0.667. The number of carbonyl (C=O) groups excluding carboxylic acids is 2. The third kappa shape index (κ3) is 4.96. The molecule has 4 nitrogen and oxygen atoms in total. The summed E-state index contributed by atoms with van der Waals surface area (Å²) in [6.07, 6.45) is 6.02. The Labute approximate surface area is 95.6 Å². The molecule has 1 rings (SSSR count). The number of carbonyl (C=O) groups is 2. The van der Waals surface area contributed by atoms with Crippen LogP contribution >= 0.6 is 0 Å². The van der Waals surface area contributed by atoms with Crippen LogP contribution in [0.2, 0.25) is 0 Å². The summed E-state index contributed by atoms with van der Waals surface area (Å²) in [4.78, 5) is 21.2. The smallest absolute Gasteiger partial charge is 0.302 e. The normalized spacial score (nSPS) is 23.9. The molecule has 1 aliphatic carbocycles. The Morgan fingerprint density at radius 3 is 1.62 bits per heavy atom. The highest BCUT2D eigenvalue weighted by Crippen LogP contribution is 2.22. The van der Waals surface area contributed by atoms with Crippen molar-refractivity contribution in [2.24, 2.45) is 11.8 Å². The zero-order valence-corrected chi connectivity index (χ0v) is 9.77. The third-order valence-corrected chi connectivity index (χ3v) is 2.57. The highest BCUT2D eigenvalue weighted by atomic mass is 16.5. The van der Waals surface area contributed by atoms with Gasteiger partial charge in [-0.3, -0.25) is 9.59 Å². The molecule has 2 unspecified atom stereocenters. The van der Waals surface area contributed by atoms with Crippen molar-refractivity contribution in [3.8, 4) is 0 Å². The van der Waals surface area contributed by atoms with Crippen molar-refractivity contribution in [3.05, 3.63) is 12.2 Å². The highest BCUT2D eigenvalue weighted by molar-refractivity contribution is 5.66. The molecule has 0 heterocycles. The Bertz CT molecular complexity index is 255. The summed E-state index contributed by atoms with van der Waals surface area (Å²) in [6, 6.07) is 0. The fourth-order valence-corrected chi connectivity index (χ4v) is 1.66. The lowest BCUT2D eigenvalue weighted by atomic mass is 9.89. The standard InChI is InChI=1S/C12H18O4/c1-9(13)15-7-11-3-5-12(6-4-11)8-16-10(2)14/h3,5,11-12H,4,6-8H2,1-2H3. The summed E-state index contributed by atoms with van der Waals surface area (Å²) in [7, 11) is 0. The summed E-state index contributed by atoms with van der Waals surface area (Å²) in [5, 5.41) is 0. The van der Waals surface area contributed by atoms with Crippen LogP contribution in [0.5, 0.6) is 0 Å². The van der Waals surface area contributed by atoms with Gasteiger partial charge in [-0.1, -0.05) is 12.2 Å². The van der Waals surface area contributed by atoms with Crippen LogP contribution in [0.25, 0.3) is 0 Å². The number of hydrogen-bond acceptors (Lipinski definition) is 4. The van der Waals surface area contributed by atoms with Crippen molar-refractivity contribution in [3.63, 3.8) is 0 Å². The lowest BCUT2D eigenvalue weighted by Gasteiger charge is -2.22. The van der Waals surface area contributed by atoms with Crippen LogP contribution in [0.15, 0.2) is 12.2 Å². The van der Waals surface area contributed by atoms with Crippen molar-refractivity contribution in [1.29, 1.82) is 0 Å². The fourth-order valence-electron chi connectivity index (χ4n) is 1.66. The van der Waals surface area contributed by atoms with Gasteiger partial charge in [0.05, 0.1) is 13.2 Å². The first kappa shape index (κ1) is 12.7. The molecule has 0 aliphatic heterocycles. The average Bonchev–Trinajstić information content (AvgIpc) is 2.25. The molecule has 90 valence electrons. The maximum atomic E-state index is 10.6. The molecule has 0 spiro atoms. The van der Waals surface area contributed by atoms with Crippen molar-refractivity contribution in [2.45, 2.75) is 26.7 Å². The minimum absolute atomic E-state index is 0.240. The van der Waals surface area contributed by atoms with E-state index >= 15 is 0 Å². The first-order valence-corrected chi connectivity index (χ1v) is 5.53. The SMILES string of the molecule is CC(=O)OCC1C=CC(COC(C)=O)CC1. The van der Waals surface area contributed by atoms with Crippen molar-refractivity contribution < 1.29 is 19.1 Å². The van der Waals surface area contributed by atoms with Crippen LogP contribution in [0.1, 0.15) is 26.7 Å². The Hall–Kier alpha value is -1.32. The van der Waals surface area contributed by atoms with Crippen molar-refractivity contribution >= 4 is 11.9 Å². The predicted octanol–water partition coefficient (Wildman–Crippen LogP) is 1.70. The third-order valence-electron chi connectivity index (χ3n) is 2.57. The number of rotatable bonds is 4. The number of esters is 2. The molecule has 0 saturated carbocycles. The molecule has 4 heteroatoms. The Balaban J connectivity index is 2.25. The van der Waals surface area contributed by atoms with Gasteiger partial charge in [0.1, 0.15) is 0 Å². The van der Waals surface area contributed by atoms with Gasteiger partial charge in [-0.15, -0.1) is 0 Å². The van der Waals surface area contributed by atoms with Gasteiger partial charge in [0, 0.05) is 25.7 Å². The zero-order valence-electron chi connectivity index (χ0n) is 9.77. The van der Waals surface area contributed by atoms with E-state index in [0.717, 1.165) is 12.8 Å². The largest absolute Gasteiger partial charge is 0.465 e. The second kappa shape index (κ2) is 6.30. The van der Waals surface area contributed by atoms with Crippen LogP contribution in [0.4, 0.5) is 0 Å². The molecule has 0 aromatic rings. The molecule has 0 aromatic heterocycles. The molecule has 1 aliphatic rings. The van der Waals surface area contributed by atoms with Gasteiger partial charge in [0.25, 0.3) is 0 Å². The first-order valence-electron chi connectivity index (χ1n) is 5.53. The molecule has 0 aromatic carbocycles. The summed E-state index contributed by atoms with van der Waals surface area (Å²) >= 11 is 0. The molecule has 0 radical (unpaired) electrons. The van der Waals surface area contributed by atoms with Crippen LogP contribution in [0.3, 0.4) is 0 Å². The lowest BCUT2D eigenvalue weighted by Crippen LogP contribution is -2.18. The summed E-state index contributed by atoms with van der Waals surface area (Å²) in [5.41, 5.74) is 0. The maximum absolute atomic E-state index is 10.6. The molecule has 0 saturated heterocycles. The molecular formula is C12H18O4. The summed E-state index contributed by atoms with van der Waals surface area (Å²) in [6.45, 7) is 3.73. The molecule has 16 heavy (non-hydrogen) atoms. The van der Waals surface area contributed by atoms with E-state index in [9.17, 15) is 9.59 Å². The van der Waals surface area contributed by atoms with Gasteiger partial charge >= 0.3 is 11.9 Å². The van der Waals surface area contributed by atoms with Crippen LogP contribution in [-0.2, 0) is 19.1 Å². The van der Waals surface area contributed by atoms with E-state index < -0.39 is 0 Å². The lowest BCUT2D eigenvalue weighted by molar-refractivity contribution is -0.143. The molecule has 0 bridgehead atoms.